The summed E-state index contributed by atoms with van der Waals surface area (Å²) in [4.78, 5) is 26.6. The maximum atomic E-state index is 11.6. The van der Waals surface area contributed by atoms with E-state index in [0.717, 1.165) is 13.1 Å². The zero-order valence-corrected chi connectivity index (χ0v) is 11.1. The molecule has 1 fully saturated rings. The molecule has 2 heterocycles. The monoisotopic (exact) mass is 269 g/mol. The van der Waals surface area contributed by atoms with Gasteiger partial charge in [0.2, 0.25) is 0 Å². The topological polar surface area (TPSA) is 80.3 Å². The summed E-state index contributed by atoms with van der Waals surface area (Å²) < 4.78 is 5.49. The number of carbonyl (C=O) groups excluding carboxylic acids is 2. The Kier molecular flexibility index (Phi) is 3.74. The Morgan fingerprint density at radius 1 is 1.61 bits per heavy atom. The Hall–Kier alpha value is -1.31. The first kappa shape index (κ1) is 13.1. The number of nitrogens with one attached hydrogen (secondary N) is 2. The SMILES string of the molecule is CC(=O)c1csc(NC(=O)COC2(C)CNC2)n1. The summed E-state index contributed by atoms with van der Waals surface area (Å²) in [5.74, 6) is -0.372. The summed E-state index contributed by atoms with van der Waals surface area (Å²) in [5.41, 5.74) is 0.122. The van der Waals surface area contributed by atoms with Crippen molar-refractivity contribution in [3.8, 4) is 0 Å². The fourth-order valence-electron chi connectivity index (χ4n) is 1.47. The lowest BCUT2D eigenvalue weighted by atomic mass is 10.0. The highest BCUT2D eigenvalue weighted by Gasteiger charge is 2.33. The molecule has 0 unspecified atom stereocenters. The van der Waals surface area contributed by atoms with Crippen LogP contribution in [0, 0.1) is 0 Å². The highest BCUT2D eigenvalue weighted by Crippen LogP contribution is 2.17. The zero-order chi connectivity index (χ0) is 13.2. The average Bonchev–Trinajstić information content (AvgIpc) is 2.72. The Morgan fingerprint density at radius 3 is 2.83 bits per heavy atom. The van der Waals surface area contributed by atoms with Gasteiger partial charge in [-0.1, -0.05) is 0 Å². The van der Waals surface area contributed by atoms with Crippen LogP contribution in [0.1, 0.15) is 24.3 Å². The van der Waals surface area contributed by atoms with Gasteiger partial charge in [-0.25, -0.2) is 4.98 Å². The van der Waals surface area contributed by atoms with E-state index < -0.39 is 0 Å². The predicted molar refractivity (Wildman–Crippen MR) is 68.0 cm³/mol. The van der Waals surface area contributed by atoms with E-state index in [2.05, 4.69) is 15.6 Å². The van der Waals surface area contributed by atoms with Crippen LogP contribution in [0.3, 0.4) is 0 Å². The van der Waals surface area contributed by atoms with Gasteiger partial charge in [-0.05, 0) is 6.92 Å². The van der Waals surface area contributed by atoms with Crippen molar-refractivity contribution in [2.75, 3.05) is 25.0 Å². The molecule has 1 aliphatic heterocycles. The molecule has 0 radical (unpaired) electrons. The summed E-state index contributed by atoms with van der Waals surface area (Å²) in [6.07, 6.45) is 0. The summed E-state index contributed by atoms with van der Waals surface area (Å²) in [5, 5.41) is 7.74. The van der Waals surface area contributed by atoms with E-state index in [0.29, 0.717) is 10.8 Å². The van der Waals surface area contributed by atoms with Gasteiger partial charge in [0.05, 0.1) is 5.60 Å². The van der Waals surface area contributed by atoms with Gasteiger partial charge < -0.3 is 10.1 Å². The molecule has 0 aliphatic carbocycles. The number of amides is 1. The molecule has 7 heteroatoms. The number of aromatic nitrogens is 1. The molecular weight excluding hydrogens is 254 g/mol. The highest BCUT2D eigenvalue weighted by atomic mass is 32.1. The minimum atomic E-state index is -0.257. The fraction of sp³-hybridized carbons (Fsp3) is 0.545. The third kappa shape index (κ3) is 3.12. The second-order valence-electron chi connectivity index (χ2n) is 4.48. The zero-order valence-electron chi connectivity index (χ0n) is 10.3. The number of carbonyl (C=O) groups is 2. The van der Waals surface area contributed by atoms with Gasteiger partial charge in [0, 0.05) is 25.4 Å². The molecule has 1 aliphatic rings. The molecule has 1 amide bonds. The van der Waals surface area contributed by atoms with Crippen molar-refractivity contribution in [3.63, 3.8) is 0 Å². The Balaban J connectivity index is 1.81. The number of nitrogens with zero attached hydrogens (tertiary/aromatic N) is 1. The molecule has 6 nitrogen and oxygen atoms in total. The van der Waals surface area contributed by atoms with E-state index in [9.17, 15) is 9.59 Å². The lowest BCUT2D eigenvalue weighted by molar-refractivity contribution is -0.130. The van der Waals surface area contributed by atoms with E-state index >= 15 is 0 Å². The lowest BCUT2D eigenvalue weighted by Crippen LogP contribution is -2.59. The van der Waals surface area contributed by atoms with Crippen molar-refractivity contribution in [2.45, 2.75) is 19.4 Å². The van der Waals surface area contributed by atoms with Gasteiger partial charge in [0.25, 0.3) is 5.91 Å². The maximum absolute atomic E-state index is 11.6. The smallest absolute Gasteiger partial charge is 0.252 e. The van der Waals surface area contributed by atoms with Crippen LogP contribution in [-0.2, 0) is 9.53 Å². The molecule has 0 aromatic carbocycles. The minimum Gasteiger partial charge on any atom is -0.363 e. The Bertz CT molecular complexity index is 468. The molecule has 0 bridgehead atoms. The molecule has 1 aromatic heterocycles. The molecule has 0 atom stereocenters. The van der Waals surface area contributed by atoms with Gasteiger partial charge in [0.1, 0.15) is 12.3 Å². The van der Waals surface area contributed by atoms with Crippen LogP contribution in [0.4, 0.5) is 5.13 Å². The number of ether oxygens (including phenoxy) is 1. The minimum absolute atomic E-state index is 0.00678. The van der Waals surface area contributed by atoms with Gasteiger partial charge in [0.15, 0.2) is 10.9 Å². The van der Waals surface area contributed by atoms with Crippen molar-refractivity contribution in [3.05, 3.63) is 11.1 Å². The lowest BCUT2D eigenvalue weighted by Gasteiger charge is -2.38. The Labute approximate surface area is 109 Å². The third-order valence-corrected chi connectivity index (χ3v) is 3.42. The van der Waals surface area contributed by atoms with Crippen LogP contribution < -0.4 is 10.6 Å². The fourth-order valence-corrected chi connectivity index (χ4v) is 2.23. The normalized spacial score (nSPS) is 17.0. The van der Waals surface area contributed by atoms with Gasteiger partial charge in [-0.2, -0.15) is 0 Å². The Morgan fingerprint density at radius 2 is 2.33 bits per heavy atom. The predicted octanol–water partition coefficient (Wildman–Crippen LogP) is 0.663. The molecule has 0 saturated carbocycles. The summed E-state index contributed by atoms with van der Waals surface area (Å²) in [6, 6.07) is 0. The largest absolute Gasteiger partial charge is 0.363 e. The number of ketones is 1. The molecule has 2 rings (SSSR count). The summed E-state index contributed by atoms with van der Waals surface area (Å²) in [7, 11) is 0. The number of hydrogen-bond donors (Lipinski definition) is 2. The van der Waals surface area contributed by atoms with Crippen molar-refractivity contribution in [1.82, 2.24) is 10.3 Å². The van der Waals surface area contributed by atoms with Crippen molar-refractivity contribution in [1.29, 1.82) is 0 Å². The van der Waals surface area contributed by atoms with Gasteiger partial charge >= 0.3 is 0 Å². The van der Waals surface area contributed by atoms with Crippen molar-refractivity contribution >= 4 is 28.2 Å². The van der Waals surface area contributed by atoms with Crippen LogP contribution in [-0.4, -0.2) is 42.0 Å². The average molecular weight is 269 g/mol. The number of thiazole rings is 1. The third-order valence-electron chi connectivity index (χ3n) is 2.66. The van der Waals surface area contributed by atoms with E-state index in [-0.39, 0.29) is 23.9 Å². The van der Waals surface area contributed by atoms with Crippen LogP contribution in [0.15, 0.2) is 5.38 Å². The molecule has 1 aromatic rings. The van der Waals surface area contributed by atoms with Crippen molar-refractivity contribution in [2.24, 2.45) is 0 Å². The second-order valence-corrected chi connectivity index (χ2v) is 5.34. The molecule has 98 valence electrons. The number of anilines is 1. The maximum Gasteiger partial charge on any atom is 0.252 e. The van der Waals surface area contributed by atoms with Crippen LogP contribution >= 0.6 is 11.3 Å². The number of Topliss-reactive ketones (excluding diaryl/α,β-unsaturated/α-hetero) is 1. The molecule has 1 saturated heterocycles. The molecule has 18 heavy (non-hydrogen) atoms. The molecule has 0 spiro atoms. The molecular formula is C11H15N3O3S. The summed E-state index contributed by atoms with van der Waals surface area (Å²) in [6.45, 7) is 4.90. The first-order valence-electron chi connectivity index (χ1n) is 5.59. The molecule has 2 N–H and O–H groups in total. The highest BCUT2D eigenvalue weighted by molar-refractivity contribution is 7.14. The van der Waals surface area contributed by atoms with Crippen molar-refractivity contribution < 1.29 is 14.3 Å². The van der Waals surface area contributed by atoms with E-state index in [1.807, 2.05) is 6.92 Å². The first-order chi connectivity index (χ1) is 8.48. The van der Waals surface area contributed by atoms with E-state index in [4.69, 9.17) is 4.74 Å². The van der Waals surface area contributed by atoms with Crippen LogP contribution in [0.25, 0.3) is 0 Å². The number of rotatable bonds is 5. The standard InChI is InChI=1S/C11H15N3O3S/c1-7(15)8-4-18-10(13-8)14-9(16)3-17-11(2)5-12-6-11/h4,12H,3,5-6H2,1-2H3,(H,13,14,16). The number of hydrogen-bond acceptors (Lipinski definition) is 6. The first-order valence-corrected chi connectivity index (χ1v) is 6.47. The van der Waals surface area contributed by atoms with Crippen LogP contribution in [0.2, 0.25) is 0 Å². The van der Waals surface area contributed by atoms with Crippen LogP contribution in [0.5, 0.6) is 0 Å². The second kappa shape index (κ2) is 5.13. The van der Waals surface area contributed by atoms with Gasteiger partial charge in [-0.15, -0.1) is 11.3 Å². The van der Waals surface area contributed by atoms with E-state index in [1.54, 1.807) is 5.38 Å². The van der Waals surface area contributed by atoms with E-state index in [1.165, 1.54) is 18.3 Å². The van der Waals surface area contributed by atoms with Gasteiger partial charge in [-0.3, -0.25) is 14.9 Å². The quantitative estimate of drug-likeness (QED) is 0.768. The summed E-state index contributed by atoms with van der Waals surface area (Å²) >= 11 is 1.23.